The second-order valence-corrected chi connectivity index (χ2v) is 6.52. The summed E-state index contributed by atoms with van der Waals surface area (Å²) in [6.07, 6.45) is 3.66. The Morgan fingerprint density at radius 2 is 2.22 bits per heavy atom. The summed E-state index contributed by atoms with van der Waals surface area (Å²) >= 11 is 3.28. The fourth-order valence-corrected chi connectivity index (χ4v) is 3.11. The van der Waals surface area contributed by atoms with Crippen molar-refractivity contribution in [1.82, 2.24) is 15.3 Å². The highest BCUT2D eigenvalue weighted by Gasteiger charge is 2.07. The lowest BCUT2D eigenvalue weighted by molar-refractivity contribution is 0.549. The molecule has 2 heterocycles. The van der Waals surface area contributed by atoms with Gasteiger partial charge >= 0.3 is 0 Å². The first kappa shape index (κ1) is 13.5. The molecule has 0 spiro atoms. The quantitative estimate of drug-likeness (QED) is 0.879. The molecular weight excluding hydrogens is 262 g/mol. The van der Waals surface area contributed by atoms with Gasteiger partial charge in [0.1, 0.15) is 5.03 Å². The van der Waals surface area contributed by atoms with E-state index in [2.05, 4.69) is 35.2 Å². The van der Waals surface area contributed by atoms with E-state index < -0.39 is 0 Å². The molecular formula is C13H17N3S2. The van der Waals surface area contributed by atoms with E-state index in [1.807, 2.05) is 23.8 Å². The zero-order chi connectivity index (χ0) is 12.8. The fourth-order valence-electron chi connectivity index (χ4n) is 1.49. The standard InChI is InChI=1S/C13H17N3S2/c1-10(2)8-14-9-11-4-3-5-15-12(11)18-13-16-6-7-17-13/h3-7,10,14H,8-9H2,1-2H3. The molecule has 0 aromatic carbocycles. The number of thiazole rings is 1. The largest absolute Gasteiger partial charge is 0.312 e. The molecule has 0 aliphatic carbocycles. The van der Waals surface area contributed by atoms with E-state index in [1.165, 1.54) is 5.56 Å². The number of nitrogens with one attached hydrogen (secondary N) is 1. The van der Waals surface area contributed by atoms with Gasteiger partial charge in [-0.1, -0.05) is 19.9 Å². The number of hydrogen-bond acceptors (Lipinski definition) is 5. The second kappa shape index (κ2) is 6.87. The molecule has 0 aliphatic rings. The van der Waals surface area contributed by atoms with Crippen LogP contribution in [0.25, 0.3) is 0 Å². The number of pyridine rings is 1. The van der Waals surface area contributed by atoms with Crippen LogP contribution in [0.4, 0.5) is 0 Å². The molecule has 0 fully saturated rings. The average molecular weight is 279 g/mol. The highest BCUT2D eigenvalue weighted by Crippen LogP contribution is 2.29. The molecule has 0 radical (unpaired) electrons. The zero-order valence-electron chi connectivity index (χ0n) is 10.6. The van der Waals surface area contributed by atoms with Crippen LogP contribution in [0.5, 0.6) is 0 Å². The van der Waals surface area contributed by atoms with Gasteiger partial charge in [0.15, 0.2) is 4.34 Å². The van der Waals surface area contributed by atoms with Crippen LogP contribution in [0.3, 0.4) is 0 Å². The third kappa shape index (κ3) is 4.08. The summed E-state index contributed by atoms with van der Waals surface area (Å²) in [6, 6.07) is 4.11. The van der Waals surface area contributed by atoms with Gasteiger partial charge in [0.2, 0.25) is 0 Å². The molecule has 0 saturated heterocycles. The van der Waals surface area contributed by atoms with Crippen LogP contribution in [0, 0.1) is 5.92 Å². The van der Waals surface area contributed by atoms with Crippen LogP contribution in [-0.4, -0.2) is 16.5 Å². The molecule has 0 unspecified atom stereocenters. The lowest BCUT2D eigenvalue weighted by Crippen LogP contribution is -2.19. The Morgan fingerprint density at radius 1 is 1.33 bits per heavy atom. The van der Waals surface area contributed by atoms with Crippen molar-refractivity contribution in [2.75, 3.05) is 6.54 Å². The Bertz CT molecular complexity index is 469. The van der Waals surface area contributed by atoms with Crippen molar-refractivity contribution >= 4 is 23.1 Å². The number of rotatable bonds is 6. The Balaban J connectivity index is 2.01. The minimum Gasteiger partial charge on any atom is -0.312 e. The smallest absolute Gasteiger partial charge is 0.156 e. The van der Waals surface area contributed by atoms with Crippen molar-refractivity contribution in [2.24, 2.45) is 5.92 Å². The average Bonchev–Trinajstić information content (AvgIpc) is 2.84. The maximum atomic E-state index is 4.44. The zero-order valence-corrected chi connectivity index (χ0v) is 12.2. The Hall–Kier alpha value is -0.910. The molecule has 18 heavy (non-hydrogen) atoms. The van der Waals surface area contributed by atoms with Gasteiger partial charge in [-0.15, -0.1) is 11.3 Å². The third-order valence-corrected chi connectivity index (χ3v) is 4.26. The fraction of sp³-hybridized carbons (Fsp3) is 0.385. The van der Waals surface area contributed by atoms with Gasteiger partial charge in [0, 0.05) is 24.3 Å². The van der Waals surface area contributed by atoms with E-state index in [4.69, 9.17) is 0 Å². The maximum absolute atomic E-state index is 4.44. The molecule has 1 N–H and O–H groups in total. The van der Waals surface area contributed by atoms with Gasteiger partial charge in [0.05, 0.1) is 0 Å². The van der Waals surface area contributed by atoms with Crippen molar-refractivity contribution in [2.45, 2.75) is 29.8 Å². The highest BCUT2D eigenvalue weighted by atomic mass is 32.2. The monoisotopic (exact) mass is 279 g/mol. The summed E-state index contributed by atoms with van der Waals surface area (Å²) < 4.78 is 1.04. The van der Waals surface area contributed by atoms with Crippen LogP contribution in [0.1, 0.15) is 19.4 Å². The molecule has 0 atom stereocenters. The maximum Gasteiger partial charge on any atom is 0.156 e. The van der Waals surface area contributed by atoms with E-state index in [9.17, 15) is 0 Å². The third-order valence-electron chi connectivity index (χ3n) is 2.31. The second-order valence-electron chi connectivity index (χ2n) is 4.39. The molecule has 96 valence electrons. The molecule has 3 nitrogen and oxygen atoms in total. The minimum atomic E-state index is 0.664. The predicted octanol–water partition coefficient (Wildman–Crippen LogP) is 3.43. The molecule has 5 heteroatoms. The van der Waals surface area contributed by atoms with E-state index in [1.54, 1.807) is 23.1 Å². The minimum absolute atomic E-state index is 0.664. The van der Waals surface area contributed by atoms with Crippen LogP contribution < -0.4 is 5.32 Å². The van der Waals surface area contributed by atoms with Crippen molar-refractivity contribution < 1.29 is 0 Å². The van der Waals surface area contributed by atoms with Crippen molar-refractivity contribution in [3.63, 3.8) is 0 Å². The molecule has 0 saturated carbocycles. The van der Waals surface area contributed by atoms with Gasteiger partial charge < -0.3 is 5.32 Å². The van der Waals surface area contributed by atoms with Gasteiger partial charge in [-0.3, -0.25) is 0 Å². The summed E-state index contributed by atoms with van der Waals surface area (Å²) in [5.41, 5.74) is 1.23. The SMILES string of the molecule is CC(C)CNCc1cccnc1Sc1nccs1. The molecule has 0 amide bonds. The topological polar surface area (TPSA) is 37.8 Å². The lowest BCUT2D eigenvalue weighted by Gasteiger charge is -2.09. The summed E-state index contributed by atoms with van der Waals surface area (Å²) in [6.45, 7) is 6.30. The van der Waals surface area contributed by atoms with Gasteiger partial charge in [-0.05, 0) is 35.9 Å². The summed E-state index contributed by atoms with van der Waals surface area (Å²) in [4.78, 5) is 8.72. The number of nitrogens with zero attached hydrogens (tertiary/aromatic N) is 2. The van der Waals surface area contributed by atoms with Crippen LogP contribution in [0.15, 0.2) is 39.3 Å². The lowest BCUT2D eigenvalue weighted by atomic mass is 10.2. The van der Waals surface area contributed by atoms with Crippen molar-refractivity contribution in [1.29, 1.82) is 0 Å². The van der Waals surface area contributed by atoms with Crippen molar-refractivity contribution in [3.05, 3.63) is 35.5 Å². The Kier molecular flexibility index (Phi) is 5.16. The van der Waals surface area contributed by atoms with Gasteiger partial charge in [-0.25, -0.2) is 9.97 Å². The summed E-state index contributed by atoms with van der Waals surface area (Å²) in [5.74, 6) is 0.664. The Labute approximate surface area is 116 Å². The summed E-state index contributed by atoms with van der Waals surface area (Å²) in [5, 5.41) is 6.48. The van der Waals surface area contributed by atoms with Gasteiger partial charge in [0.25, 0.3) is 0 Å². The first-order valence-corrected chi connectivity index (χ1v) is 7.67. The van der Waals surface area contributed by atoms with Crippen LogP contribution in [0.2, 0.25) is 0 Å². The van der Waals surface area contributed by atoms with E-state index in [0.717, 1.165) is 22.5 Å². The Morgan fingerprint density at radius 3 is 2.94 bits per heavy atom. The molecule has 2 rings (SSSR count). The van der Waals surface area contributed by atoms with Crippen LogP contribution >= 0.6 is 23.1 Å². The van der Waals surface area contributed by atoms with Gasteiger partial charge in [-0.2, -0.15) is 0 Å². The number of hydrogen-bond donors (Lipinski definition) is 1. The first-order valence-electron chi connectivity index (χ1n) is 5.97. The summed E-state index contributed by atoms with van der Waals surface area (Å²) in [7, 11) is 0. The van der Waals surface area contributed by atoms with E-state index in [0.29, 0.717) is 5.92 Å². The van der Waals surface area contributed by atoms with E-state index >= 15 is 0 Å². The van der Waals surface area contributed by atoms with E-state index in [-0.39, 0.29) is 0 Å². The normalized spacial score (nSPS) is 11.1. The first-order chi connectivity index (χ1) is 8.75. The highest BCUT2D eigenvalue weighted by molar-refractivity contribution is 8.01. The molecule has 2 aromatic heterocycles. The predicted molar refractivity (Wildman–Crippen MR) is 77.0 cm³/mol. The molecule has 2 aromatic rings. The molecule has 0 bridgehead atoms. The van der Waals surface area contributed by atoms with Crippen LogP contribution in [-0.2, 0) is 6.54 Å². The number of aromatic nitrogens is 2. The molecule has 0 aliphatic heterocycles. The van der Waals surface area contributed by atoms with Crippen molar-refractivity contribution in [3.8, 4) is 0 Å².